The van der Waals surface area contributed by atoms with Gasteiger partial charge in [-0.1, -0.05) is 0 Å². The van der Waals surface area contributed by atoms with Crippen molar-refractivity contribution in [2.45, 2.75) is 25.3 Å². The van der Waals surface area contributed by atoms with Crippen LogP contribution in [0.2, 0.25) is 0 Å². The number of hydrogen-bond donors (Lipinski definition) is 2. The Morgan fingerprint density at radius 1 is 1.30 bits per heavy atom. The minimum atomic E-state index is 0.786. The molecule has 0 aromatic heterocycles. The minimum absolute atomic E-state index is 0.786. The van der Waals surface area contributed by atoms with Gasteiger partial charge in [0.25, 0.3) is 0 Å². The molecule has 3 aliphatic carbocycles. The lowest BCUT2D eigenvalue weighted by Gasteiger charge is -2.24. The third-order valence-electron chi connectivity index (χ3n) is 2.98. The number of hydrogen-bond acceptors (Lipinski definition) is 2. The smallest absolute Gasteiger partial charge is 0.00987 e. The van der Waals surface area contributed by atoms with Crippen LogP contribution in [-0.2, 0) is 0 Å². The van der Waals surface area contributed by atoms with E-state index in [0.717, 1.165) is 31.0 Å². The van der Waals surface area contributed by atoms with E-state index in [1.807, 2.05) is 0 Å². The Hall–Kier alpha value is -0.0800. The Kier molecular flexibility index (Phi) is 1.66. The largest absolute Gasteiger partial charge is 0.329 e. The van der Waals surface area contributed by atoms with Crippen molar-refractivity contribution in [2.75, 3.05) is 13.1 Å². The van der Waals surface area contributed by atoms with Crippen molar-refractivity contribution in [1.82, 2.24) is 5.32 Å². The number of rotatable bonds is 3. The van der Waals surface area contributed by atoms with Crippen molar-refractivity contribution in [2.24, 2.45) is 17.6 Å². The summed E-state index contributed by atoms with van der Waals surface area (Å²) in [5.74, 6) is 2.08. The third-order valence-corrected chi connectivity index (χ3v) is 2.98. The average Bonchev–Trinajstić information content (AvgIpc) is 2.37. The maximum absolute atomic E-state index is 5.40. The first kappa shape index (κ1) is 6.62. The first-order valence-electron chi connectivity index (χ1n) is 4.33. The van der Waals surface area contributed by atoms with Gasteiger partial charge in [-0.05, 0) is 31.1 Å². The molecule has 0 aromatic rings. The molecule has 3 fully saturated rings. The van der Waals surface area contributed by atoms with Crippen LogP contribution in [0.15, 0.2) is 0 Å². The fourth-order valence-corrected chi connectivity index (χ4v) is 2.38. The molecular weight excluding hydrogens is 124 g/mol. The second-order valence-corrected chi connectivity index (χ2v) is 3.68. The van der Waals surface area contributed by atoms with E-state index in [1.54, 1.807) is 0 Å². The summed E-state index contributed by atoms with van der Waals surface area (Å²) in [5, 5.41) is 3.50. The lowest BCUT2D eigenvalue weighted by atomic mass is 9.84. The summed E-state index contributed by atoms with van der Waals surface area (Å²) >= 11 is 0. The van der Waals surface area contributed by atoms with E-state index < -0.39 is 0 Å². The maximum Gasteiger partial charge on any atom is 0.00987 e. The van der Waals surface area contributed by atoms with E-state index >= 15 is 0 Å². The van der Waals surface area contributed by atoms with E-state index in [0.29, 0.717) is 0 Å². The molecule has 2 heteroatoms. The van der Waals surface area contributed by atoms with Crippen molar-refractivity contribution in [1.29, 1.82) is 0 Å². The number of fused-ring (bicyclic) bond motifs is 1. The van der Waals surface area contributed by atoms with Crippen LogP contribution >= 0.6 is 0 Å². The van der Waals surface area contributed by atoms with Crippen molar-refractivity contribution in [3.63, 3.8) is 0 Å². The monoisotopic (exact) mass is 140 g/mol. The molecular formula is C8H16N2. The molecule has 2 nitrogen and oxygen atoms in total. The zero-order valence-electron chi connectivity index (χ0n) is 6.34. The second-order valence-electron chi connectivity index (χ2n) is 3.68. The Bertz CT molecular complexity index is 118. The van der Waals surface area contributed by atoms with Gasteiger partial charge >= 0.3 is 0 Å². The van der Waals surface area contributed by atoms with Gasteiger partial charge in [-0.25, -0.2) is 0 Å². The van der Waals surface area contributed by atoms with Crippen LogP contribution in [0.3, 0.4) is 0 Å². The van der Waals surface area contributed by atoms with Crippen molar-refractivity contribution < 1.29 is 0 Å². The first-order valence-corrected chi connectivity index (χ1v) is 4.33. The van der Waals surface area contributed by atoms with Crippen molar-refractivity contribution >= 4 is 0 Å². The van der Waals surface area contributed by atoms with E-state index in [2.05, 4.69) is 5.32 Å². The predicted octanol–water partition coefficient (Wildman–Crippen LogP) is 0.333. The Labute approximate surface area is 62.2 Å². The zero-order chi connectivity index (χ0) is 6.97. The summed E-state index contributed by atoms with van der Waals surface area (Å²) in [7, 11) is 0. The summed E-state index contributed by atoms with van der Waals surface area (Å²) in [4.78, 5) is 0. The normalized spacial score (nSPS) is 43.5. The minimum Gasteiger partial charge on any atom is -0.329 e. The predicted molar refractivity (Wildman–Crippen MR) is 41.7 cm³/mol. The quantitative estimate of drug-likeness (QED) is 0.593. The molecule has 10 heavy (non-hydrogen) atoms. The molecule has 0 heterocycles. The first-order chi connectivity index (χ1) is 4.90. The van der Waals surface area contributed by atoms with Crippen LogP contribution < -0.4 is 11.1 Å². The van der Waals surface area contributed by atoms with Crippen LogP contribution in [0.4, 0.5) is 0 Å². The zero-order valence-corrected chi connectivity index (χ0v) is 6.34. The summed E-state index contributed by atoms with van der Waals surface area (Å²) in [6, 6.07) is 0.827. The molecule has 0 saturated heterocycles. The van der Waals surface area contributed by atoms with Crippen molar-refractivity contribution in [3.8, 4) is 0 Å². The van der Waals surface area contributed by atoms with E-state index in [-0.39, 0.29) is 0 Å². The topological polar surface area (TPSA) is 38.0 Å². The van der Waals surface area contributed by atoms with Crippen LogP contribution in [0, 0.1) is 11.8 Å². The van der Waals surface area contributed by atoms with Gasteiger partial charge in [-0.2, -0.15) is 0 Å². The van der Waals surface area contributed by atoms with Crippen LogP contribution in [0.5, 0.6) is 0 Å². The molecule has 58 valence electrons. The Morgan fingerprint density at radius 2 is 2.10 bits per heavy atom. The maximum atomic E-state index is 5.40. The average molecular weight is 140 g/mol. The van der Waals surface area contributed by atoms with Crippen molar-refractivity contribution in [3.05, 3.63) is 0 Å². The van der Waals surface area contributed by atoms with Gasteiger partial charge in [-0.3, -0.25) is 0 Å². The van der Waals surface area contributed by atoms with Gasteiger partial charge in [0.05, 0.1) is 0 Å². The van der Waals surface area contributed by atoms with Gasteiger partial charge in [-0.15, -0.1) is 0 Å². The molecule has 3 rings (SSSR count). The van der Waals surface area contributed by atoms with Gasteiger partial charge in [0.1, 0.15) is 0 Å². The fraction of sp³-hybridized carbons (Fsp3) is 1.00. The molecule has 0 aliphatic heterocycles. The highest BCUT2D eigenvalue weighted by molar-refractivity contribution is 4.98. The molecule has 0 aromatic carbocycles. The lowest BCUT2D eigenvalue weighted by Crippen LogP contribution is -2.34. The third kappa shape index (κ3) is 0.956. The molecule has 2 bridgehead atoms. The molecule has 3 aliphatic rings. The van der Waals surface area contributed by atoms with Gasteiger partial charge in [0.15, 0.2) is 0 Å². The SMILES string of the molecule is NCCNC1CC2CC1C2. The summed E-state index contributed by atoms with van der Waals surface area (Å²) in [6.07, 6.45) is 4.40. The van der Waals surface area contributed by atoms with Crippen LogP contribution in [0.1, 0.15) is 19.3 Å². The van der Waals surface area contributed by atoms with Crippen LogP contribution in [-0.4, -0.2) is 19.1 Å². The molecule has 0 spiro atoms. The summed E-state index contributed by atoms with van der Waals surface area (Å²) in [5.41, 5.74) is 5.40. The van der Waals surface area contributed by atoms with E-state index in [9.17, 15) is 0 Å². The molecule has 3 N–H and O–H groups in total. The molecule has 1 unspecified atom stereocenters. The highest BCUT2D eigenvalue weighted by Gasteiger charge is 2.43. The van der Waals surface area contributed by atoms with Crippen LogP contribution in [0.25, 0.3) is 0 Å². The van der Waals surface area contributed by atoms with Gasteiger partial charge in [0.2, 0.25) is 0 Å². The fourth-order valence-electron chi connectivity index (χ4n) is 2.38. The summed E-state index contributed by atoms with van der Waals surface area (Å²) in [6.45, 7) is 1.79. The van der Waals surface area contributed by atoms with Gasteiger partial charge in [0, 0.05) is 19.1 Å². The number of nitrogens with two attached hydrogens (primary N) is 1. The summed E-state index contributed by atoms with van der Waals surface area (Å²) < 4.78 is 0. The second kappa shape index (κ2) is 2.51. The highest BCUT2D eigenvalue weighted by Crippen LogP contribution is 2.48. The molecule has 3 saturated carbocycles. The van der Waals surface area contributed by atoms with Gasteiger partial charge < -0.3 is 11.1 Å². The van der Waals surface area contributed by atoms with E-state index in [4.69, 9.17) is 5.73 Å². The Balaban J connectivity index is 1.74. The lowest BCUT2D eigenvalue weighted by molar-refractivity contribution is 0.283. The Morgan fingerprint density at radius 3 is 2.60 bits per heavy atom. The molecule has 1 atom stereocenters. The van der Waals surface area contributed by atoms with E-state index in [1.165, 1.54) is 19.3 Å². The highest BCUT2D eigenvalue weighted by atomic mass is 15.0. The molecule has 0 radical (unpaired) electrons. The molecule has 0 amide bonds. The number of nitrogens with one attached hydrogen (secondary N) is 1. The standard InChI is InChI=1S/C8H16N2/c9-1-2-10-8-5-6-3-7(8)4-6/h6-8,10H,1-5,9H2.